The molecule has 21 heavy (non-hydrogen) atoms. The number of halogens is 3. The molecule has 7 heteroatoms. The highest BCUT2D eigenvalue weighted by molar-refractivity contribution is 5.98. The number of hydrogen-bond donors (Lipinski definition) is 3. The topological polar surface area (TPSA) is 55.1 Å². The summed E-state index contributed by atoms with van der Waals surface area (Å²) in [5.41, 5.74) is -3.38. The highest BCUT2D eigenvalue weighted by atomic mass is 19.4. The van der Waals surface area contributed by atoms with Gasteiger partial charge in [0.2, 0.25) is 0 Å². The number of carbonyl (C=O) groups is 1. The Morgan fingerprint density at radius 1 is 1.10 bits per heavy atom. The lowest BCUT2D eigenvalue weighted by molar-refractivity contribution is -0.625. The van der Waals surface area contributed by atoms with Gasteiger partial charge < -0.3 is 0 Å². The van der Waals surface area contributed by atoms with Gasteiger partial charge in [-0.3, -0.25) is 5.32 Å². The third-order valence-corrected chi connectivity index (χ3v) is 3.23. The molecular formula is C14H17F3N3O+. The van der Waals surface area contributed by atoms with Gasteiger partial charge in [-0.1, -0.05) is 30.3 Å². The van der Waals surface area contributed by atoms with Crippen LogP contribution in [0.25, 0.3) is 0 Å². The van der Waals surface area contributed by atoms with Gasteiger partial charge in [-0.15, -0.1) is 0 Å². The van der Waals surface area contributed by atoms with E-state index in [9.17, 15) is 18.0 Å². The van der Waals surface area contributed by atoms with Crippen molar-refractivity contribution in [3.05, 3.63) is 35.9 Å². The third kappa shape index (κ3) is 2.72. The molecule has 2 amide bonds. The third-order valence-electron chi connectivity index (χ3n) is 3.23. The standard InChI is InChI=1S/C14H16F3N3O/c1-12(2,3)10-18-11(21)20-13(19-10,14(15,16)17)9-7-5-4-6-8-9/h4-8H,1-3H3,(H2,18,19,20,21)/p+1/t13-/m0/s1. The highest BCUT2D eigenvalue weighted by Gasteiger charge is 2.63. The van der Waals surface area contributed by atoms with E-state index in [0.717, 1.165) is 0 Å². The van der Waals surface area contributed by atoms with Crippen LogP contribution in [0, 0.1) is 5.41 Å². The van der Waals surface area contributed by atoms with E-state index in [2.05, 4.69) is 10.3 Å². The maximum Gasteiger partial charge on any atom is 0.457 e. The summed E-state index contributed by atoms with van der Waals surface area (Å²) in [4.78, 5) is 14.2. The van der Waals surface area contributed by atoms with E-state index in [1.54, 1.807) is 26.8 Å². The summed E-state index contributed by atoms with van der Waals surface area (Å²) in [5, 5.41) is 4.39. The molecule has 1 aromatic carbocycles. The molecule has 1 heterocycles. The van der Waals surface area contributed by atoms with Crippen LogP contribution in [0.1, 0.15) is 26.3 Å². The summed E-state index contributed by atoms with van der Waals surface area (Å²) in [6, 6.07) is 6.37. The fraction of sp³-hybridized carbons (Fsp3) is 0.429. The molecule has 0 saturated carbocycles. The maximum atomic E-state index is 13.7. The van der Waals surface area contributed by atoms with Crippen LogP contribution in [0.5, 0.6) is 0 Å². The average molecular weight is 300 g/mol. The Morgan fingerprint density at radius 2 is 1.67 bits per heavy atom. The summed E-state index contributed by atoms with van der Waals surface area (Å²) in [6.07, 6.45) is -4.71. The number of benzene rings is 1. The van der Waals surface area contributed by atoms with E-state index < -0.39 is 23.3 Å². The Bertz CT molecular complexity index is 575. The van der Waals surface area contributed by atoms with Crippen molar-refractivity contribution in [3.63, 3.8) is 0 Å². The molecule has 0 radical (unpaired) electrons. The monoisotopic (exact) mass is 300 g/mol. The maximum absolute atomic E-state index is 13.7. The summed E-state index contributed by atoms with van der Waals surface area (Å²) in [5.74, 6) is 0.118. The van der Waals surface area contributed by atoms with Crippen molar-refractivity contribution in [3.8, 4) is 0 Å². The molecule has 0 fully saturated rings. The van der Waals surface area contributed by atoms with Gasteiger partial charge in [0.15, 0.2) is 0 Å². The first kappa shape index (κ1) is 15.3. The van der Waals surface area contributed by atoms with Crippen molar-refractivity contribution in [2.75, 3.05) is 0 Å². The van der Waals surface area contributed by atoms with Crippen molar-refractivity contribution in [1.82, 2.24) is 10.6 Å². The molecule has 0 aliphatic carbocycles. The molecule has 0 unspecified atom stereocenters. The lowest BCUT2D eigenvalue weighted by Crippen LogP contribution is -3.00. The molecule has 0 bridgehead atoms. The van der Waals surface area contributed by atoms with Crippen LogP contribution in [0.3, 0.4) is 0 Å². The largest absolute Gasteiger partial charge is 0.457 e. The average Bonchev–Trinajstić information content (AvgIpc) is 2.36. The van der Waals surface area contributed by atoms with Gasteiger partial charge in [-0.2, -0.15) is 18.5 Å². The second-order valence-electron chi connectivity index (χ2n) is 5.94. The number of carbonyl (C=O) groups excluding carboxylic acids is 1. The molecule has 0 aromatic heterocycles. The number of amidine groups is 1. The minimum atomic E-state index is -4.71. The van der Waals surface area contributed by atoms with Gasteiger partial charge in [0.05, 0.1) is 5.41 Å². The van der Waals surface area contributed by atoms with Crippen LogP contribution in [0.4, 0.5) is 18.0 Å². The van der Waals surface area contributed by atoms with E-state index >= 15 is 0 Å². The Morgan fingerprint density at radius 3 is 2.14 bits per heavy atom. The minimum Gasteiger partial charge on any atom is -0.265 e. The predicted octanol–water partition coefficient (Wildman–Crippen LogP) is 1.24. The van der Waals surface area contributed by atoms with Crippen LogP contribution in [-0.4, -0.2) is 18.0 Å². The SMILES string of the molecule is CC(C)(C)C1=[NH+][C@](c2ccccc2)(C(F)(F)F)NC(=O)N1. The van der Waals surface area contributed by atoms with E-state index in [1.807, 2.05) is 5.32 Å². The van der Waals surface area contributed by atoms with E-state index in [4.69, 9.17) is 0 Å². The van der Waals surface area contributed by atoms with Crippen molar-refractivity contribution < 1.29 is 23.0 Å². The van der Waals surface area contributed by atoms with E-state index in [0.29, 0.717) is 0 Å². The lowest BCUT2D eigenvalue weighted by Gasteiger charge is -2.35. The molecule has 1 aliphatic heterocycles. The molecule has 1 aliphatic rings. The van der Waals surface area contributed by atoms with Gasteiger partial charge >= 0.3 is 17.9 Å². The Kier molecular flexibility index (Phi) is 3.47. The zero-order valence-electron chi connectivity index (χ0n) is 11.9. The summed E-state index contributed by atoms with van der Waals surface area (Å²) in [6.45, 7) is 5.15. The summed E-state index contributed by atoms with van der Waals surface area (Å²) < 4.78 is 41.1. The van der Waals surface area contributed by atoms with Crippen LogP contribution in [0.2, 0.25) is 0 Å². The number of amides is 2. The Labute approximate surface area is 120 Å². The fourth-order valence-corrected chi connectivity index (χ4v) is 2.08. The molecule has 0 saturated heterocycles. The van der Waals surface area contributed by atoms with Gasteiger partial charge in [-0.05, 0) is 20.8 Å². The second-order valence-corrected chi connectivity index (χ2v) is 5.94. The lowest BCUT2D eigenvalue weighted by atomic mass is 9.91. The Balaban J connectivity index is 2.69. The number of hydrogen-bond acceptors (Lipinski definition) is 1. The number of alkyl halides is 3. The summed E-state index contributed by atoms with van der Waals surface area (Å²) >= 11 is 0. The molecule has 0 spiro atoms. The summed E-state index contributed by atoms with van der Waals surface area (Å²) in [7, 11) is 0. The number of nitrogens with one attached hydrogen (secondary N) is 3. The fourth-order valence-electron chi connectivity index (χ4n) is 2.08. The minimum absolute atomic E-state index is 0.0749. The molecule has 1 atom stereocenters. The van der Waals surface area contributed by atoms with Crippen LogP contribution in [0.15, 0.2) is 30.3 Å². The number of urea groups is 1. The van der Waals surface area contributed by atoms with Gasteiger partial charge in [0.25, 0.3) is 5.84 Å². The van der Waals surface area contributed by atoms with Crippen LogP contribution < -0.4 is 15.6 Å². The smallest absolute Gasteiger partial charge is 0.265 e. The predicted molar refractivity (Wildman–Crippen MR) is 71.3 cm³/mol. The van der Waals surface area contributed by atoms with Gasteiger partial charge in [0.1, 0.15) is 0 Å². The van der Waals surface area contributed by atoms with Crippen molar-refractivity contribution >= 4 is 11.9 Å². The quantitative estimate of drug-likeness (QED) is 0.718. The first-order valence-corrected chi connectivity index (χ1v) is 6.43. The van der Waals surface area contributed by atoms with E-state index in [1.165, 1.54) is 24.3 Å². The second kappa shape index (κ2) is 4.75. The zero-order valence-corrected chi connectivity index (χ0v) is 11.9. The zero-order chi connectivity index (χ0) is 15.9. The molecule has 3 N–H and O–H groups in total. The van der Waals surface area contributed by atoms with Gasteiger partial charge in [0, 0.05) is 5.56 Å². The van der Waals surface area contributed by atoms with Crippen molar-refractivity contribution in [2.24, 2.45) is 5.41 Å². The highest BCUT2D eigenvalue weighted by Crippen LogP contribution is 2.34. The first-order valence-electron chi connectivity index (χ1n) is 6.43. The molecule has 114 valence electrons. The molecule has 2 rings (SSSR count). The first-order chi connectivity index (χ1) is 9.56. The van der Waals surface area contributed by atoms with Crippen LogP contribution >= 0.6 is 0 Å². The molecule has 1 aromatic rings. The van der Waals surface area contributed by atoms with Gasteiger partial charge in [-0.25, -0.2) is 9.79 Å². The van der Waals surface area contributed by atoms with Crippen molar-refractivity contribution in [2.45, 2.75) is 32.6 Å². The molecule has 4 nitrogen and oxygen atoms in total. The van der Waals surface area contributed by atoms with Crippen molar-refractivity contribution in [1.29, 1.82) is 0 Å². The van der Waals surface area contributed by atoms with Crippen LogP contribution in [-0.2, 0) is 5.66 Å². The Hall–Kier alpha value is -2.05. The van der Waals surface area contributed by atoms with E-state index in [-0.39, 0.29) is 11.4 Å². The molecular weight excluding hydrogens is 283 g/mol. The number of rotatable bonds is 1. The normalized spacial score (nSPS) is 23.1.